The van der Waals surface area contributed by atoms with E-state index >= 15 is 0 Å². The van der Waals surface area contributed by atoms with Crippen LogP contribution in [0.3, 0.4) is 0 Å². The lowest BCUT2D eigenvalue weighted by Gasteiger charge is -2.25. The third-order valence-corrected chi connectivity index (χ3v) is 5.85. The fraction of sp³-hybridized carbons (Fsp3) is 0.346. The Morgan fingerprint density at radius 3 is 2.53 bits per heavy atom. The van der Waals surface area contributed by atoms with E-state index in [1.807, 2.05) is 13.8 Å². The molecule has 1 atom stereocenters. The summed E-state index contributed by atoms with van der Waals surface area (Å²) in [5.41, 5.74) is 2.79. The lowest BCUT2D eigenvalue weighted by atomic mass is 9.93. The highest BCUT2D eigenvalue weighted by molar-refractivity contribution is 5.93. The smallest absolute Gasteiger partial charge is 0.204 e. The Morgan fingerprint density at radius 1 is 1.25 bits per heavy atom. The topological polar surface area (TPSA) is 89.1 Å². The number of phenolic OH excluding ortho intramolecular Hbond substituents is 1. The van der Waals surface area contributed by atoms with Crippen molar-refractivity contribution in [2.45, 2.75) is 52.2 Å². The summed E-state index contributed by atoms with van der Waals surface area (Å²) in [4.78, 5) is 13.7. The first-order chi connectivity index (χ1) is 15.1. The van der Waals surface area contributed by atoms with Crippen LogP contribution >= 0.6 is 0 Å². The zero-order valence-corrected chi connectivity index (χ0v) is 19.0. The highest BCUT2D eigenvalue weighted by atomic mass is 16.5. The molecular formula is C26H28O6. The molecule has 1 unspecified atom stereocenters. The van der Waals surface area contributed by atoms with Crippen molar-refractivity contribution in [1.82, 2.24) is 0 Å². The summed E-state index contributed by atoms with van der Waals surface area (Å²) in [5.74, 6) is 1.15. The number of aromatic hydroxyl groups is 1. The molecule has 4 rings (SSSR count). The Morgan fingerprint density at radius 2 is 1.94 bits per heavy atom. The van der Waals surface area contributed by atoms with Crippen LogP contribution in [0.4, 0.5) is 0 Å². The predicted octanol–water partition coefficient (Wildman–Crippen LogP) is 4.76. The average Bonchev–Trinajstić information content (AvgIpc) is 3.19. The first-order valence-corrected chi connectivity index (χ1v) is 10.6. The largest absolute Gasteiger partial charge is 0.508 e. The quantitative estimate of drug-likeness (QED) is 0.561. The second-order valence-electron chi connectivity index (χ2n) is 9.00. The minimum absolute atomic E-state index is 0.119. The van der Waals surface area contributed by atoms with E-state index < -0.39 is 11.7 Å². The third-order valence-electron chi connectivity index (χ3n) is 5.85. The number of rotatable bonds is 5. The molecule has 2 heterocycles. The molecule has 0 saturated heterocycles. The van der Waals surface area contributed by atoms with Crippen molar-refractivity contribution in [1.29, 1.82) is 0 Å². The highest BCUT2D eigenvalue weighted by Crippen LogP contribution is 2.46. The van der Waals surface area contributed by atoms with Gasteiger partial charge in [-0.2, -0.15) is 0 Å². The Hall–Kier alpha value is -3.25. The van der Waals surface area contributed by atoms with Gasteiger partial charge in [-0.05, 0) is 51.8 Å². The molecule has 1 aliphatic heterocycles. The van der Waals surface area contributed by atoms with E-state index in [1.165, 1.54) is 25.5 Å². The SMILES string of the molecule is COc1c(CC=C(C)C)c2c(c3occ(-c4ccc(O)cc4)c(=O)c13)CC(C(C)(C)O)O2. The molecule has 0 aliphatic carbocycles. The van der Waals surface area contributed by atoms with Crippen LogP contribution in [0.2, 0.25) is 0 Å². The molecule has 2 aromatic carbocycles. The molecule has 2 N–H and O–H groups in total. The predicted molar refractivity (Wildman–Crippen MR) is 124 cm³/mol. The lowest BCUT2D eigenvalue weighted by molar-refractivity contribution is -0.0232. The molecule has 32 heavy (non-hydrogen) atoms. The molecule has 6 nitrogen and oxygen atoms in total. The maximum Gasteiger partial charge on any atom is 0.204 e. The van der Waals surface area contributed by atoms with Gasteiger partial charge in [0, 0.05) is 17.5 Å². The zero-order valence-electron chi connectivity index (χ0n) is 19.0. The number of hydrogen-bond donors (Lipinski definition) is 2. The Kier molecular flexibility index (Phi) is 5.51. The molecule has 0 radical (unpaired) electrons. The fourth-order valence-corrected chi connectivity index (χ4v) is 4.08. The molecule has 6 heteroatoms. The van der Waals surface area contributed by atoms with Gasteiger partial charge in [-0.15, -0.1) is 0 Å². The van der Waals surface area contributed by atoms with Crippen LogP contribution in [0.1, 0.15) is 38.8 Å². The van der Waals surface area contributed by atoms with Crippen LogP contribution in [0.25, 0.3) is 22.1 Å². The summed E-state index contributed by atoms with van der Waals surface area (Å²) in [7, 11) is 1.53. The van der Waals surface area contributed by atoms with Crippen LogP contribution in [0.15, 0.2) is 51.4 Å². The number of methoxy groups -OCH3 is 1. The maximum atomic E-state index is 13.7. The first kappa shape index (κ1) is 22.0. The van der Waals surface area contributed by atoms with Crippen molar-refractivity contribution in [3.8, 4) is 28.4 Å². The monoisotopic (exact) mass is 436 g/mol. The molecule has 0 amide bonds. The van der Waals surface area contributed by atoms with Gasteiger partial charge in [-0.3, -0.25) is 4.79 Å². The number of fused-ring (bicyclic) bond motifs is 3. The van der Waals surface area contributed by atoms with Crippen LogP contribution in [0, 0.1) is 0 Å². The van der Waals surface area contributed by atoms with Gasteiger partial charge in [0.15, 0.2) is 0 Å². The van der Waals surface area contributed by atoms with Gasteiger partial charge in [-0.25, -0.2) is 0 Å². The summed E-state index contributed by atoms with van der Waals surface area (Å²) < 4.78 is 18.0. The van der Waals surface area contributed by atoms with Gasteiger partial charge >= 0.3 is 0 Å². The lowest BCUT2D eigenvalue weighted by Crippen LogP contribution is -2.39. The number of benzene rings is 2. The van der Waals surface area contributed by atoms with Crippen molar-refractivity contribution in [3.63, 3.8) is 0 Å². The van der Waals surface area contributed by atoms with E-state index in [2.05, 4.69) is 6.08 Å². The van der Waals surface area contributed by atoms with Gasteiger partial charge in [0.2, 0.25) is 5.43 Å². The van der Waals surface area contributed by atoms with Crippen molar-refractivity contribution >= 4 is 11.0 Å². The Balaban J connectivity index is 2.03. The van der Waals surface area contributed by atoms with Gasteiger partial charge < -0.3 is 24.1 Å². The Labute approximate surface area is 186 Å². The molecule has 3 aromatic rings. The first-order valence-electron chi connectivity index (χ1n) is 10.6. The summed E-state index contributed by atoms with van der Waals surface area (Å²) in [5, 5.41) is 20.5. The van der Waals surface area contributed by atoms with Gasteiger partial charge in [-0.1, -0.05) is 23.8 Å². The molecule has 0 bridgehead atoms. The van der Waals surface area contributed by atoms with Gasteiger partial charge in [0.05, 0.1) is 18.3 Å². The van der Waals surface area contributed by atoms with E-state index in [-0.39, 0.29) is 11.2 Å². The summed E-state index contributed by atoms with van der Waals surface area (Å²) in [6.07, 6.45) is 3.95. The van der Waals surface area contributed by atoms with E-state index in [1.54, 1.807) is 26.0 Å². The molecule has 0 spiro atoms. The molecular weight excluding hydrogens is 408 g/mol. The zero-order chi connectivity index (χ0) is 23.2. The number of aliphatic hydroxyl groups is 1. The van der Waals surface area contributed by atoms with Crippen LogP contribution < -0.4 is 14.9 Å². The standard InChI is InChI=1S/C26H28O6/c1-14(2)6-11-17-23-18(12-20(32-23)26(3,4)29)25-21(24(17)30-5)22(28)19(13-31-25)15-7-9-16(27)10-8-15/h6-10,13,20,27,29H,11-12H2,1-5H3. The van der Waals surface area contributed by atoms with E-state index in [4.69, 9.17) is 13.9 Å². The van der Waals surface area contributed by atoms with Gasteiger partial charge in [0.25, 0.3) is 0 Å². The number of hydrogen-bond acceptors (Lipinski definition) is 6. The van der Waals surface area contributed by atoms with Crippen molar-refractivity contribution in [3.05, 3.63) is 63.5 Å². The second kappa shape index (κ2) is 8.02. The van der Waals surface area contributed by atoms with E-state index in [9.17, 15) is 15.0 Å². The van der Waals surface area contributed by atoms with Gasteiger partial charge in [0.1, 0.15) is 40.6 Å². The van der Waals surface area contributed by atoms with E-state index in [0.717, 1.165) is 16.7 Å². The molecule has 1 aromatic heterocycles. The van der Waals surface area contributed by atoms with Crippen LogP contribution in [0.5, 0.6) is 17.2 Å². The second-order valence-corrected chi connectivity index (χ2v) is 9.00. The van der Waals surface area contributed by atoms with Crippen molar-refractivity contribution in [2.24, 2.45) is 0 Å². The molecule has 1 aliphatic rings. The van der Waals surface area contributed by atoms with Crippen molar-refractivity contribution < 1.29 is 24.1 Å². The number of ether oxygens (including phenoxy) is 2. The number of phenols is 1. The molecule has 0 saturated carbocycles. The third kappa shape index (κ3) is 3.75. The highest BCUT2D eigenvalue weighted by Gasteiger charge is 2.39. The summed E-state index contributed by atoms with van der Waals surface area (Å²) in [6, 6.07) is 6.40. The Bertz CT molecular complexity index is 1250. The molecule has 0 fully saturated rings. The van der Waals surface area contributed by atoms with Crippen LogP contribution in [-0.4, -0.2) is 29.0 Å². The normalized spacial score (nSPS) is 15.4. The minimum atomic E-state index is -1.07. The average molecular weight is 437 g/mol. The summed E-state index contributed by atoms with van der Waals surface area (Å²) >= 11 is 0. The maximum absolute atomic E-state index is 13.7. The van der Waals surface area contributed by atoms with Crippen LogP contribution in [-0.2, 0) is 12.8 Å². The molecule has 168 valence electrons. The summed E-state index contributed by atoms with van der Waals surface area (Å²) in [6.45, 7) is 7.42. The minimum Gasteiger partial charge on any atom is -0.508 e. The number of allylic oxidation sites excluding steroid dienone is 2. The fourth-order valence-electron chi connectivity index (χ4n) is 4.08. The van der Waals surface area contributed by atoms with Crippen molar-refractivity contribution in [2.75, 3.05) is 7.11 Å². The van der Waals surface area contributed by atoms with E-state index in [0.29, 0.717) is 46.4 Å².